The van der Waals surface area contributed by atoms with Crippen molar-refractivity contribution in [3.05, 3.63) is 35.6 Å². The van der Waals surface area contributed by atoms with Crippen LogP contribution in [-0.2, 0) is 4.74 Å². The number of rotatable bonds is 9. The summed E-state index contributed by atoms with van der Waals surface area (Å²) in [5.41, 5.74) is 0.786. The summed E-state index contributed by atoms with van der Waals surface area (Å²) >= 11 is 0. The van der Waals surface area contributed by atoms with Gasteiger partial charge in [-0.3, -0.25) is 0 Å². The van der Waals surface area contributed by atoms with E-state index < -0.39 is 0 Å². The molecule has 2 nitrogen and oxygen atoms in total. The Morgan fingerprint density at radius 3 is 2.45 bits per heavy atom. The zero-order valence-electron chi connectivity index (χ0n) is 13.2. The van der Waals surface area contributed by atoms with Crippen LogP contribution in [0.4, 0.5) is 4.39 Å². The molecule has 0 amide bonds. The molecule has 20 heavy (non-hydrogen) atoms. The summed E-state index contributed by atoms with van der Waals surface area (Å²) in [7, 11) is 0. The molecule has 1 aromatic carbocycles. The van der Waals surface area contributed by atoms with Crippen LogP contribution >= 0.6 is 0 Å². The van der Waals surface area contributed by atoms with Gasteiger partial charge >= 0.3 is 0 Å². The molecule has 1 rings (SSSR count). The third kappa shape index (κ3) is 6.49. The molecule has 0 aliphatic rings. The number of ether oxygens (including phenoxy) is 1. The van der Waals surface area contributed by atoms with Gasteiger partial charge in [0.25, 0.3) is 0 Å². The third-order valence-corrected chi connectivity index (χ3v) is 3.18. The molecule has 0 aromatic heterocycles. The average Bonchev–Trinajstić information content (AvgIpc) is 2.38. The highest BCUT2D eigenvalue weighted by Crippen LogP contribution is 2.22. The highest BCUT2D eigenvalue weighted by Gasteiger charge is 2.15. The van der Waals surface area contributed by atoms with Crippen LogP contribution in [0.15, 0.2) is 24.3 Å². The van der Waals surface area contributed by atoms with E-state index in [1.807, 2.05) is 12.1 Å². The van der Waals surface area contributed by atoms with Gasteiger partial charge in [-0.1, -0.05) is 45.9 Å². The van der Waals surface area contributed by atoms with Crippen molar-refractivity contribution >= 4 is 0 Å². The third-order valence-electron chi connectivity index (χ3n) is 3.18. The Hall–Kier alpha value is -0.930. The molecular formula is C17H28FNO. The molecule has 0 heterocycles. The molecule has 0 radical (unpaired) electrons. The average molecular weight is 281 g/mol. The molecule has 0 saturated heterocycles. The van der Waals surface area contributed by atoms with Gasteiger partial charge in [-0.25, -0.2) is 4.39 Å². The maximum absolute atomic E-state index is 13.9. The number of benzene rings is 1. The van der Waals surface area contributed by atoms with E-state index in [9.17, 15) is 4.39 Å². The second-order valence-corrected chi connectivity index (χ2v) is 6.04. The molecule has 0 bridgehead atoms. The highest BCUT2D eigenvalue weighted by molar-refractivity contribution is 5.22. The molecule has 0 spiro atoms. The van der Waals surface area contributed by atoms with Crippen molar-refractivity contribution in [3.8, 4) is 0 Å². The first kappa shape index (κ1) is 17.1. The maximum atomic E-state index is 13.9. The molecule has 0 aliphatic carbocycles. The van der Waals surface area contributed by atoms with Crippen LogP contribution in [0.2, 0.25) is 0 Å². The van der Waals surface area contributed by atoms with Gasteiger partial charge in [0.2, 0.25) is 0 Å². The van der Waals surface area contributed by atoms with Gasteiger partial charge < -0.3 is 10.1 Å². The van der Waals surface area contributed by atoms with E-state index in [-0.39, 0.29) is 11.7 Å². The van der Waals surface area contributed by atoms with Gasteiger partial charge in [-0.15, -0.1) is 0 Å². The zero-order chi connectivity index (χ0) is 15.0. The SMILES string of the molecule is CC(C)COCCC(CNC(C)C)c1ccccc1F. The Morgan fingerprint density at radius 1 is 1.15 bits per heavy atom. The van der Waals surface area contributed by atoms with E-state index >= 15 is 0 Å². The fourth-order valence-electron chi connectivity index (χ4n) is 2.10. The molecule has 1 N–H and O–H groups in total. The summed E-state index contributed by atoms with van der Waals surface area (Å²) in [4.78, 5) is 0. The fraction of sp³-hybridized carbons (Fsp3) is 0.647. The van der Waals surface area contributed by atoms with E-state index in [2.05, 4.69) is 33.0 Å². The van der Waals surface area contributed by atoms with Crippen molar-refractivity contribution in [1.29, 1.82) is 0 Å². The molecule has 3 heteroatoms. The predicted molar refractivity (Wildman–Crippen MR) is 82.6 cm³/mol. The van der Waals surface area contributed by atoms with Crippen molar-refractivity contribution in [2.45, 2.75) is 46.1 Å². The van der Waals surface area contributed by atoms with Gasteiger partial charge in [0, 0.05) is 31.7 Å². The molecule has 114 valence electrons. The van der Waals surface area contributed by atoms with Crippen LogP contribution in [-0.4, -0.2) is 25.8 Å². The lowest BCUT2D eigenvalue weighted by molar-refractivity contribution is 0.103. The first-order valence-corrected chi connectivity index (χ1v) is 7.56. The Kier molecular flexibility index (Phi) is 7.78. The number of hydrogen-bond donors (Lipinski definition) is 1. The lowest BCUT2D eigenvalue weighted by Crippen LogP contribution is -2.29. The molecule has 1 atom stereocenters. The van der Waals surface area contributed by atoms with Crippen LogP contribution in [0.1, 0.15) is 45.6 Å². The quantitative estimate of drug-likeness (QED) is 0.692. The van der Waals surface area contributed by atoms with Gasteiger partial charge in [-0.2, -0.15) is 0 Å². The monoisotopic (exact) mass is 281 g/mol. The van der Waals surface area contributed by atoms with Crippen LogP contribution in [0.25, 0.3) is 0 Å². The Morgan fingerprint density at radius 2 is 1.85 bits per heavy atom. The first-order valence-electron chi connectivity index (χ1n) is 7.56. The minimum atomic E-state index is -0.119. The number of halogens is 1. The Balaban J connectivity index is 2.58. The molecule has 0 fully saturated rings. The first-order chi connectivity index (χ1) is 9.50. The van der Waals surface area contributed by atoms with Crippen molar-refractivity contribution in [2.75, 3.05) is 19.8 Å². The lowest BCUT2D eigenvalue weighted by atomic mass is 9.95. The highest BCUT2D eigenvalue weighted by atomic mass is 19.1. The molecule has 1 unspecified atom stereocenters. The lowest BCUT2D eigenvalue weighted by Gasteiger charge is -2.20. The molecular weight excluding hydrogens is 253 g/mol. The molecule has 0 aliphatic heterocycles. The topological polar surface area (TPSA) is 21.3 Å². The van der Waals surface area contributed by atoms with Crippen LogP contribution < -0.4 is 5.32 Å². The minimum absolute atomic E-state index is 0.119. The fourth-order valence-corrected chi connectivity index (χ4v) is 2.10. The summed E-state index contributed by atoms with van der Waals surface area (Å²) in [5, 5.41) is 3.40. The van der Waals surface area contributed by atoms with Crippen molar-refractivity contribution in [1.82, 2.24) is 5.32 Å². The van der Waals surface area contributed by atoms with Gasteiger partial charge in [0.05, 0.1) is 0 Å². The van der Waals surface area contributed by atoms with E-state index in [0.29, 0.717) is 18.6 Å². The van der Waals surface area contributed by atoms with Crippen LogP contribution in [0.3, 0.4) is 0 Å². The van der Waals surface area contributed by atoms with E-state index in [1.54, 1.807) is 6.07 Å². The van der Waals surface area contributed by atoms with Crippen molar-refractivity contribution in [2.24, 2.45) is 5.92 Å². The van der Waals surface area contributed by atoms with Gasteiger partial charge in [-0.05, 0) is 24.0 Å². The van der Waals surface area contributed by atoms with E-state index in [4.69, 9.17) is 4.74 Å². The predicted octanol–water partition coefficient (Wildman–Crippen LogP) is 3.97. The smallest absolute Gasteiger partial charge is 0.126 e. The summed E-state index contributed by atoms with van der Waals surface area (Å²) in [6, 6.07) is 7.45. The second kappa shape index (κ2) is 9.09. The largest absolute Gasteiger partial charge is 0.381 e. The van der Waals surface area contributed by atoms with E-state index in [1.165, 1.54) is 6.07 Å². The summed E-state index contributed by atoms with van der Waals surface area (Å²) in [6.45, 7) is 10.7. The molecule has 0 saturated carbocycles. The van der Waals surface area contributed by atoms with Crippen molar-refractivity contribution < 1.29 is 9.13 Å². The van der Waals surface area contributed by atoms with E-state index in [0.717, 1.165) is 25.1 Å². The Bertz CT molecular complexity index is 379. The summed E-state index contributed by atoms with van der Waals surface area (Å²) in [5.74, 6) is 0.577. The summed E-state index contributed by atoms with van der Waals surface area (Å²) in [6.07, 6.45) is 0.841. The number of hydrogen-bond acceptors (Lipinski definition) is 2. The number of nitrogens with one attached hydrogen (secondary N) is 1. The standard InChI is InChI=1S/C17H28FNO/c1-13(2)12-20-10-9-15(11-19-14(3)4)16-7-5-6-8-17(16)18/h5-8,13-15,19H,9-12H2,1-4H3. The Labute approximate surface area is 122 Å². The molecule has 1 aromatic rings. The maximum Gasteiger partial charge on any atom is 0.126 e. The zero-order valence-corrected chi connectivity index (χ0v) is 13.2. The second-order valence-electron chi connectivity index (χ2n) is 6.04. The van der Waals surface area contributed by atoms with Crippen molar-refractivity contribution in [3.63, 3.8) is 0 Å². The van der Waals surface area contributed by atoms with Gasteiger partial charge in [0.1, 0.15) is 5.82 Å². The van der Waals surface area contributed by atoms with Gasteiger partial charge in [0.15, 0.2) is 0 Å². The summed E-state index contributed by atoms with van der Waals surface area (Å²) < 4.78 is 19.6. The van der Waals surface area contributed by atoms with Crippen LogP contribution in [0, 0.1) is 11.7 Å². The normalized spacial score (nSPS) is 13.2. The minimum Gasteiger partial charge on any atom is -0.381 e. The van der Waals surface area contributed by atoms with Crippen LogP contribution in [0.5, 0.6) is 0 Å².